The van der Waals surface area contributed by atoms with Gasteiger partial charge in [-0.15, -0.1) is 10.2 Å². The van der Waals surface area contributed by atoms with Crippen molar-refractivity contribution >= 4 is 34.4 Å². The highest BCUT2D eigenvalue weighted by Crippen LogP contribution is 2.33. The maximum atomic E-state index is 12.6. The van der Waals surface area contributed by atoms with Gasteiger partial charge in [0.2, 0.25) is 11.8 Å². The van der Waals surface area contributed by atoms with E-state index in [4.69, 9.17) is 16.0 Å². The summed E-state index contributed by atoms with van der Waals surface area (Å²) in [5, 5.41) is 13.7. The van der Waals surface area contributed by atoms with E-state index in [0.717, 1.165) is 5.56 Å². The van der Waals surface area contributed by atoms with Crippen molar-refractivity contribution in [1.82, 2.24) is 29.9 Å². The van der Waals surface area contributed by atoms with Gasteiger partial charge in [-0.3, -0.25) is 4.79 Å². The van der Waals surface area contributed by atoms with Gasteiger partial charge in [0.1, 0.15) is 5.39 Å². The van der Waals surface area contributed by atoms with Crippen molar-refractivity contribution in [2.45, 2.75) is 17.3 Å². The van der Waals surface area contributed by atoms with E-state index < -0.39 is 0 Å². The molecule has 0 aliphatic carbocycles. The summed E-state index contributed by atoms with van der Waals surface area (Å²) < 4.78 is 7.41. The molecular weight excluding hydrogens is 436 g/mol. The van der Waals surface area contributed by atoms with Crippen LogP contribution in [0.25, 0.3) is 28.2 Å². The molecular formula is C21H15ClN6O2S. The number of thioether (sulfide) groups is 1. The number of halogens is 1. The standard InChI is InChI=1S/C21H15ClN6O2S/c1-12(19-26-27-20(30-19)13-6-3-2-4-7-13)31-21-24-17-16(18(29)25-21)11-23-28(17)15-9-5-8-14(22)10-15/h2-12H,1H3,(H,24,25,29). The number of benzene rings is 2. The van der Waals surface area contributed by atoms with Gasteiger partial charge >= 0.3 is 0 Å². The van der Waals surface area contributed by atoms with Gasteiger partial charge in [0.15, 0.2) is 10.8 Å². The second-order valence-corrected chi connectivity index (χ2v) is 8.48. The third kappa shape index (κ3) is 3.85. The number of H-pyrrole nitrogens is 1. The molecule has 0 fully saturated rings. The molecule has 3 heterocycles. The van der Waals surface area contributed by atoms with Crippen LogP contribution in [-0.4, -0.2) is 29.9 Å². The number of rotatable bonds is 5. The topological polar surface area (TPSA) is 102 Å². The molecule has 0 saturated heterocycles. The van der Waals surface area contributed by atoms with E-state index in [9.17, 15) is 4.79 Å². The van der Waals surface area contributed by atoms with Crippen molar-refractivity contribution in [3.05, 3.63) is 82.1 Å². The van der Waals surface area contributed by atoms with Gasteiger partial charge in [-0.2, -0.15) is 5.10 Å². The fourth-order valence-corrected chi connectivity index (χ4v) is 4.07. The molecule has 0 radical (unpaired) electrons. The maximum Gasteiger partial charge on any atom is 0.262 e. The van der Waals surface area contributed by atoms with Crippen molar-refractivity contribution in [3.63, 3.8) is 0 Å². The average Bonchev–Trinajstić information content (AvgIpc) is 3.42. The van der Waals surface area contributed by atoms with Crippen LogP contribution in [0.4, 0.5) is 0 Å². The molecule has 0 aliphatic rings. The Hall–Kier alpha value is -3.43. The zero-order valence-electron chi connectivity index (χ0n) is 16.2. The Labute approximate surface area is 185 Å². The molecule has 3 aromatic heterocycles. The normalized spacial score (nSPS) is 12.3. The number of aromatic nitrogens is 6. The monoisotopic (exact) mass is 450 g/mol. The first-order valence-electron chi connectivity index (χ1n) is 9.38. The molecule has 5 aromatic rings. The fraction of sp³-hybridized carbons (Fsp3) is 0.0952. The quantitative estimate of drug-likeness (QED) is 0.306. The van der Waals surface area contributed by atoms with Crippen LogP contribution >= 0.6 is 23.4 Å². The summed E-state index contributed by atoms with van der Waals surface area (Å²) in [6.07, 6.45) is 1.49. The lowest BCUT2D eigenvalue weighted by atomic mass is 10.2. The number of nitrogens with zero attached hydrogens (tertiary/aromatic N) is 5. The molecule has 2 aromatic carbocycles. The summed E-state index contributed by atoms with van der Waals surface area (Å²) in [6.45, 7) is 1.91. The van der Waals surface area contributed by atoms with E-state index in [-0.39, 0.29) is 10.8 Å². The minimum atomic E-state index is -0.275. The predicted molar refractivity (Wildman–Crippen MR) is 119 cm³/mol. The first-order chi connectivity index (χ1) is 15.1. The zero-order valence-corrected chi connectivity index (χ0v) is 17.8. The zero-order chi connectivity index (χ0) is 21.4. The van der Waals surface area contributed by atoms with Gasteiger partial charge < -0.3 is 9.40 Å². The minimum absolute atomic E-state index is 0.229. The van der Waals surface area contributed by atoms with Crippen molar-refractivity contribution in [1.29, 1.82) is 0 Å². The molecule has 0 spiro atoms. The molecule has 10 heteroatoms. The molecule has 0 amide bonds. The Morgan fingerprint density at radius 2 is 1.97 bits per heavy atom. The Morgan fingerprint density at radius 1 is 1.13 bits per heavy atom. The summed E-state index contributed by atoms with van der Waals surface area (Å²) in [4.78, 5) is 20.0. The van der Waals surface area contributed by atoms with E-state index in [1.807, 2.05) is 49.4 Å². The van der Waals surface area contributed by atoms with E-state index >= 15 is 0 Å². The molecule has 0 saturated carbocycles. The summed E-state index contributed by atoms with van der Waals surface area (Å²) in [5.74, 6) is 0.883. The Balaban J connectivity index is 1.46. The highest BCUT2D eigenvalue weighted by molar-refractivity contribution is 7.99. The molecule has 31 heavy (non-hydrogen) atoms. The molecule has 5 rings (SSSR count). The van der Waals surface area contributed by atoms with Gasteiger partial charge in [-0.05, 0) is 37.3 Å². The van der Waals surface area contributed by atoms with E-state index in [1.165, 1.54) is 18.0 Å². The lowest BCUT2D eigenvalue weighted by Crippen LogP contribution is -2.10. The second kappa shape index (κ2) is 8.01. The molecule has 8 nitrogen and oxygen atoms in total. The van der Waals surface area contributed by atoms with Crippen LogP contribution in [0, 0.1) is 0 Å². The van der Waals surface area contributed by atoms with Crippen LogP contribution in [0.5, 0.6) is 0 Å². The van der Waals surface area contributed by atoms with Crippen molar-refractivity contribution < 1.29 is 4.42 Å². The third-order valence-corrected chi connectivity index (χ3v) is 5.77. The van der Waals surface area contributed by atoms with Crippen LogP contribution in [0.1, 0.15) is 18.1 Å². The molecule has 1 unspecified atom stereocenters. The van der Waals surface area contributed by atoms with E-state index in [2.05, 4.69) is 25.3 Å². The Morgan fingerprint density at radius 3 is 2.77 bits per heavy atom. The van der Waals surface area contributed by atoms with Crippen molar-refractivity contribution in [2.24, 2.45) is 0 Å². The number of hydrogen-bond donors (Lipinski definition) is 1. The van der Waals surface area contributed by atoms with Gasteiger partial charge in [-0.25, -0.2) is 9.67 Å². The molecule has 0 aliphatic heterocycles. The van der Waals surface area contributed by atoms with Crippen LogP contribution in [0.15, 0.2) is 75.2 Å². The second-order valence-electron chi connectivity index (χ2n) is 6.72. The Kier molecular flexibility index (Phi) is 5.05. The van der Waals surface area contributed by atoms with E-state index in [1.54, 1.807) is 16.8 Å². The van der Waals surface area contributed by atoms with E-state index in [0.29, 0.717) is 38.7 Å². The van der Waals surface area contributed by atoms with Crippen molar-refractivity contribution in [3.8, 4) is 17.1 Å². The predicted octanol–water partition coefficient (Wildman–Crippen LogP) is 4.67. The number of aromatic amines is 1. The smallest absolute Gasteiger partial charge is 0.262 e. The first kappa shape index (κ1) is 19.5. The van der Waals surface area contributed by atoms with Gasteiger partial charge in [0, 0.05) is 10.6 Å². The van der Waals surface area contributed by atoms with Crippen LogP contribution < -0.4 is 5.56 Å². The Bertz CT molecular complexity index is 1430. The lowest BCUT2D eigenvalue weighted by molar-refractivity contribution is 0.509. The molecule has 154 valence electrons. The maximum absolute atomic E-state index is 12.6. The van der Waals surface area contributed by atoms with Crippen LogP contribution in [0.3, 0.4) is 0 Å². The highest BCUT2D eigenvalue weighted by Gasteiger charge is 2.19. The third-order valence-electron chi connectivity index (χ3n) is 4.57. The summed E-state index contributed by atoms with van der Waals surface area (Å²) in [6, 6.07) is 16.7. The fourth-order valence-electron chi connectivity index (χ4n) is 3.07. The van der Waals surface area contributed by atoms with Gasteiger partial charge in [0.05, 0.1) is 17.1 Å². The number of fused-ring (bicyclic) bond motifs is 1. The van der Waals surface area contributed by atoms with Gasteiger partial charge in [-0.1, -0.05) is 47.6 Å². The SMILES string of the molecule is CC(Sc1nc2c(cnn2-c2cccc(Cl)c2)c(=O)[nH]1)c1nnc(-c2ccccc2)o1. The largest absolute Gasteiger partial charge is 0.419 e. The molecule has 1 N–H and O–H groups in total. The summed E-state index contributed by atoms with van der Waals surface area (Å²) in [5.41, 5.74) is 1.73. The first-order valence-corrected chi connectivity index (χ1v) is 10.6. The lowest BCUT2D eigenvalue weighted by Gasteiger charge is -2.07. The number of nitrogens with one attached hydrogen (secondary N) is 1. The average molecular weight is 451 g/mol. The minimum Gasteiger partial charge on any atom is -0.419 e. The van der Waals surface area contributed by atoms with Gasteiger partial charge in [0.25, 0.3) is 5.56 Å². The molecule has 1 atom stereocenters. The van der Waals surface area contributed by atoms with Crippen molar-refractivity contribution in [2.75, 3.05) is 0 Å². The summed E-state index contributed by atoms with van der Waals surface area (Å²) >= 11 is 7.42. The van der Waals surface area contributed by atoms with Crippen LogP contribution in [0.2, 0.25) is 5.02 Å². The molecule has 0 bridgehead atoms. The highest BCUT2D eigenvalue weighted by atomic mass is 35.5. The summed E-state index contributed by atoms with van der Waals surface area (Å²) in [7, 11) is 0. The van der Waals surface area contributed by atoms with Crippen LogP contribution in [-0.2, 0) is 0 Å². The number of hydrogen-bond acceptors (Lipinski definition) is 7.